The lowest BCUT2D eigenvalue weighted by Crippen LogP contribution is -2.29. The zero-order chi connectivity index (χ0) is 21.1. The highest BCUT2D eigenvalue weighted by Gasteiger charge is 2.33. The normalized spacial score (nSPS) is 14.8. The monoisotopic (exact) mass is 393 g/mol. The summed E-state index contributed by atoms with van der Waals surface area (Å²) in [4.78, 5) is 36.5. The van der Waals surface area contributed by atoms with E-state index in [0.29, 0.717) is 17.0 Å². The van der Waals surface area contributed by atoms with E-state index in [1.807, 2.05) is 0 Å². The molecule has 0 spiro atoms. The Morgan fingerprint density at radius 1 is 1.21 bits per heavy atom. The average Bonchev–Trinajstić information content (AvgIpc) is 2.96. The van der Waals surface area contributed by atoms with Crippen molar-refractivity contribution in [2.45, 2.75) is 13.8 Å². The van der Waals surface area contributed by atoms with Crippen LogP contribution >= 0.6 is 0 Å². The lowest BCUT2D eigenvalue weighted by molar-refractivity contribution is -0.123. The number of hydrazone groups is 1. The molecule has 1 aliphatic rings. The number of imide groups is 1. The van der Waals surface area contributed by atoms with Crippen molar-refractivity contribution in [2.75, 3.05) is 10.5 Å². The van der Waals surface area contributed by atoms with E-state index in [4.69, 9.17) is 5.21 Å². The Bertz CT molecular complexity index is 1040. The average molecular weight is 393 g/mol. The predicted molar refractivity (Wildman–Crippen MR) is 107 cm³/mol. The maximum absolute atomic E-state index is 12.7. The van der Waals surface area contributed by atoms with Crippen molar-refractivity contribution in [3.8, 4) is 0 Å². The maximum Gasteiger partial charge on any atom is 0.283 e. The first-order valence-corrected chi connectivity index (χ1v) is 8.56. The van der Waals surface area contributed by atoms with Crippen LogP contribution in [0.3, 0.4) is 0 Å². The van der Waals surface area contributed by atoms with Crippen LogP contribution in [-0.2, 0) is 9.59 Å². The molecule has 2 N–H and O–H groups in total. The second-order valence-electron chi connectivity index (χ2n) is 6.29. The van der Waals surface area contributed by atoms with E-state index < -0.39 is 11.8 Å². The number of nitrogens with one attached hydrogen (secondary N) is 1. The minimum atomic E-state index is -0.609. The predicted octanol–water partition coefficient (Wildman–Crippen LogP) is 2.78. The van der Waals surface area contributed by atoms with Crippen LogP contribution in [0.15, 0.2) is 59.2 Å². The molecule has 9 heteroatoms. The summed E-state index contributed by atoms with van der Waals surface area (Å²) in [5.41, 5.74) is 1.79. The Labute approximate surface area is 166 Å². The Kier molecular flexibility index (Phi) is 5.53. The molecule has 0 saturated carbocycles. The van der Waals surface area contributed by atoms with Gasteiger partial charge in [0.2, 0.25) is 5.91 Å². The van der Waals surface area contributed by atoms with Crippen LogP contribution in [0.4, 0.5) is 11.4 Å². The molecule has 0 radical (unpaired) electrons. The van der Waals surface area contributed by atoms with Gasteiger partial charge in [-0.15, -0.1) is 0 Å². The molecule has 0 fully saturated rings. The van der Waals surface area contributed by atoms with Crippen LogP contribution < -0.4 is 10.5 Å². The largest absolute Gasteiger partial charge is 0.733 e. The summed E-state index contributed by atoms with van der Waals surface area (Å²) in [6, 6.07) is 12.1. The molecule has 148 valence electrons. The van der Waals surface area contributed by atoms with Crippen molar-refractivity contribution < 1.29 is 19.6 Å². The first-order valence-electron chi connectivity index (χ1n) is 8.56. The second kappa shape index (κ2) is 8.05. The van der Waals surface area contributed by atoms with Gasteiger partial charge < -0.3 is 15.8 Å². The molecule has 0 bridgehead atoms. The molecular weight excluding hydrogens is 376 g/mol. The highest BCUT2D eigenvalue weighted by molar-refractivity contribution is 6.30. The van der Waals surface area contributed by atoms with Gasteiger partial charge in [0.05, 0.1) is 17.0 Å². The highest BCUT2D eigenvalue weighted by Crippen LogP contribution is 2.23. The fraction of sp³-hybridized carbons (Fsp3) is 0.100. The molecule has 0 unspecified atom stereocenters. The molecule has 0 saturated heterocycles. The fourth-order valence-corrected chi connectivity index (χ4v) is 2.74. The number of carbonyl (C=O) groups is 3. The Balaban J connectivity index is 1.83. The van der Waals surface area contributed by atoms with Gasteiger partial charge in [0.15, 0.2) is 0 Å². The minimum Gasteiger partial charge on any atom is -0.733 e. The molecular formula is C20H17N4O5-. The van der Waals surface area contributed by atoms with E-state index in [0.717, 1.165) is 5.01 Å². The second-order valence-corrected chi connectivity index (χ2v) is 6.29. The van der Waals surface area contributed by atoms with Gasteiger partial charge in [-0.2, -0.15) is 10.1 Å². The van der Waals surface area contributed by atoms with Crippen LogP contribution in [0.1, 0.15) is 29.8 Å². The van der Waals surface area contributed by atoms with Gasteiger partial charge in [-0.1, -0.05) is 12.1 Å². The van der Waals surface area contributed by atoms with Crippen LogP contribution in [0.25, 0.3) is 6.08 Å². The van der Waals surface area contributed by atoms with Crippen LogP contribution in [-0.4, -0.2) is 33.6 Å². The number of hydrogen-bond acceptors (Lipinski definition) is 7. The molecule has 29 heavy (non-hydrogen) atoms. The number of rotatable bonds is 4. The maximum atomic E-state index is 12.7. The Morgan fingerprint density at radius 2 is 1.90 bits per heavy atom. The fourth-order valence-electron chi connectivity index (χ4n) is 2.74. The summed E-state index contributed by atoms with van der Waals surface area (Å²) in [6.07, 6.45) is 1.49. The van der Waals surface area contributed by atoms with Gasteiger partial charge in [0.1, 0.15) is 0 Å². The van der Waals surface area contributed by atoms with Gasteiger partial charge >= 0.3 is 0 Å². The molecule has 2 aromatic rings. The summed E-state index contributed by atoms with van der Waals surface area (Å²) in [5, 5.41) is 27.2. The topological polar surface area (TPSA) is 125 Å². The molecule has 2 aromatic carbocycles. The minimum absolute atomic E-state index is 0.00609. The van der Waals surface area contributed by atoms with Crippen molar-refractivity contribution in [3.63, 3.8) is 0 Å². The molecule has 1 heterocycles. The first kappa shape index (κ1) is 19.9. The van der Waals surface area contributed by atoms with Crippen LogP contribution in [0.5, 0.6) is 0 Å². The molecule has 1 aliphatic heterocycles. The molecule has 0 atom stereocenters. The van der Waals surface area contributed by atoms with Gasteiger partial charge in [0.25, 0.3) is 11.8 Å². The number of anilines is 2. The molecule has 9 nitrogen and oxygen atoms in total. The summed E-state index contributed by atoms with van der Waals surface area (Å²) >= 11 is 0. The van der Waals surface area contributed by atoms with Gasteiger partial charge in [0, 0.05) is 18.2 Å². The number of carbonyl (C=O) groups excluding carboxylic acids is 3. The van der Waals surface area contributed by atoms with E-state index >= 15 is 0 Å². The third kappa shape index (κ3) is 4.37. The van der Waals surface area contributed by atoms with Crippen LogP contribution in [0.2, 0.25) is 0 Å². The molecule has 3 rings (SSSR count). The molecule has 0 aromatic heterocycles. The third-order valence-electron chi connectivity index (χ3n) is 4.11. The van der Waals surface area contributed by atoms with E-state index in [2.05, 4.69) is 10.4 Å². The van der Waals surface area contributed by atoms with Gasteiger partial charge in [-0.25, -0.2) is 0 Å². The van der Waals surface area contributed by atoms with E-state index in [9.17, 15) is 19.6 Å². The smallest absolute Gasteiger partial charge is 0.283 e. The molecule has 3 amide bonds. The van der Waals surface area contributed by atoms with Crippen LogP contribution in [0, 0.1) is 5.21 Å². The van der Waals surface area contributed by atoms with Crippen molar-refractivity contribution in [1.29, 1.82) is 0 Å². The van der Waals surface area contributed by atoms with Gasteiger partial charge in [-0.3, -0.25) is 19.6 Å². The summed E-state index contributed by atoms with van der Waals surface area (Å²) in [5.74, 6) is -1.45. The summed E-state index contributed by atoms with van der Waals surface area (Å²) in [7, 11) is 0. The highest BCUT2D eigenvalue weighted by atomic mass is 16.8. The first-order chi connectivity index (χ1) is 13.8. The quantitative estimate of drug-likeness (QED) is 0.467. The van der Waals surface area contributed by atoms with E-state index in [1.165, 1.54) is 37.3 Å². The standard InChI is InChI=1S/C20H17N4O5/c1-12-18(11-14-4-3-5-17(10-14)24(28)29)20(27)23(22-12)19(26)15-6-8-16(9-7-15)21-13(2)25/h3-11,28H,1-2H3,(H,21,25)/q-1/b18-11+. The van der Waals surface area contributed by atoms with E-state index in [1.54, 1.807) is 31.2 Å². The summed E-state index contributed by atoms with van der Waals surface area (Å²) < 4.78 is 0. The molecule has 0 aliphatic carbocycles. The SMILES string of the molecule is CC(=O)Nc1ccc(C(=O)N2N=C(C)/C(=C\c3cccc(N([O-])O)c3)C2=O)cc1. The van der Waals surface area contributed by atoms with Gasteiger partial charge in [-0.05, 0) is 55.0 Å². The zero-order valence-corrected chi connectivity index (χ0v) is 15.6. The summed E-state index contributed by atoms with van der Waals surface area (Å²) in [6.45, 7) is 2.96. The van der Waals surface area contributed by atoms with Crippen molar-refractivity contribution in [1.82, 2.24) is 5.01 Å². The number of amides is 3. The number of benzene rings is 2. The van der Waals surface area contributed by atoms with Crippen molar-refractivity contribution in [3.05, 3.63) is 70.4 Å². The van der Waals surface area contributed by atoms with Crippen molar-refractivity contribution >= 4 is 40.9 Å². The third-order valence-corrected chi connectivity index (χ3v) is 4.11. The lowest BCUT2D eigenvalue weighted by atomic mass is 10.1. The zero-order valence-electron chi connectivity index (χ0n) is 15.6. The Hall–Kier alpha value is -3.82. The Morgan fingerprint density at radius 3 is 2.52 bits per heavy atom. The number of hydrogen-bond donors (Lipinski definition) is 2. The van der Waals surface area contributed by atoms with E-state index in [-0.39, 0.29) is 28.0 Å². The number of nitrogens with zero attached hydrogens (tertiary/aromatic N) is 3. The van der Waals surface area contributed by atoms with Crippen molar-refractivity contribution in [2.24, 2.45) is 5.10 Å². The lowest BCUT2D eigenvalue weighted by Gasteiger charge is -2.21.